The van der Waals surface area contributed by atoms with Crippen molar-refractivity contribution >= 4 is 23.3 Å². The number of carbonyl (C=O) groups excluding carboxylic acids is 2. The number of aromatic nitrogens is 1. The van der Waals surface area contributed by atoms with E-state index in [0.717, 1.165) is 12.8 Å². The molecule has 0 spiro atoms. The van der Waals surface area contributed by atoms with E-state index in [4.69, 9.17) is 4.74 Å². The van der Waals surface area contributed by atoms with E-state index in [9.17, 15) is 9.59 Å². The molecule has 0 bridgehead atoms. The number of carbonyl (C=O) groups is 2. The lowest BCUT2D eigenvalue weighted by atomic mass is 10.1. The van der Waals surface area contributed by atoms with Gasteiger partial charge in [0.1, 0.15) is 17.6 Å². The quantitative estimate of drug-likeness (QED) is 0.766. The van der Waals surface area contributed by atoms with Crippen molar-refractivity contribution < 1.29 is 14.3 Å². The number of hydrogen-bond acceptors (Lipinski definition) is 5. The molecule has 1 atom stereocenters. The number of benzene rings is 1. The lowest BCUT2D eigenvalue weighted by Crippen LogP contribution is -2.45. The molecule has 1 aliphatic heterocycles. The highest BCUT2D eigenvalue weighted by molar-refractivity contribution is 6.01. The van der Waals surface area contributed by atoms with Crippen LogP contribution in [0.4, 0.5) is 11.5 Å². The van der Waals surface area contributed by atoms with E-state index in [2.05, 4.69) is 20.9 Å². The minimum absolute atomic E-state index is 0.140. The summed E-state index contributed by atoms with van der Waals surface area (Å²) in [7, 11) is 1.58. The van der Waals surface area contributed by atoms with Gasteiger partial charge in [-0.15, -0.1) is 0 Å². The van der Waals surface area contributed by atoms with Crippen LogP contribution in [-0.2, 0) is 4.79 Å². The Labute approximate surface area is 152 Å². The fraction of sp³-hybridized carbons (Fsp3) is 0.316. The van der Waals surface area contributed by atoms with Crippen molar-refractivity contribution in [2.24, 2.45) is 0 Å². The minimum atomic E-state index is -0.524. The molecule has 7 nitrogen and oxygen atoms in total. The molecular weight excluding hydrogens is 332 g/mol. The maximum Gasteiger partial charge on any atom is 0.255 e. The molecule has 0 unspecified atom stereocenters. The molecule has 1 fully saturated rings. The van der Waals surface area contributed by atoms with Crippen molar-refractivity contribution in [1.82, 2.24) is 15.6 Å². The number of para-hydroxylation sites is 2. The van der Waals surface area contributed by atoms with Crippen LogP contribution in [0.5, 0.6) is 5.75 Å². The van der Waals surface area contributed by atoms with Gasteiger partial charge in [0.2, 0.25) is 5.91 Å². The summed E-state index contributed by atoms with van der Waals surface area (Å²) in [5.74, 6) is 0.577. The van der Waals surface area contributed by atoms with Gasteiger partial charge in [0.05, 0.1) is 18.4 Å². The van der Waals surface area contributed by atoms with E-state index < -0.39 is 6.04 Å². The Morgan fingerprint density at radius 1 is 1.23 bits per heavy atom. The Hall–Kier alpha value is -3.09. The fourth-order valence-electron chi connectivity index (χ4n) is 2.88. The third-order valence-corrected chi connectivity index (χ3v) is 4.25. The summed E-state index contributed by atoms with van der Waals surface area (Å²) in [6.07, 6.45) is 4.05. The Morgan fingerprint density at radius 2 is 2.08 bits per heavy atom. The van der Waals surface area contributed by atoms with Crippen molar-refractivity contribution in [3.63, 3.8) is 0 Å². The van der Waals surface area contributed by atoms with E-state index in [1.165, 1.54) is 0 Å². The van der Waals surface area contributed by atoms with Gasteiger partial charge in [0, 0.05) is 12.7 Å². The molecule has 3 rings (SSSR count). The topological polar surface area (TPSA) is 92.3 Å². The van der Waals surface area contributed by atoms with Gasteiger partial charge in [-0.1, -0.05) is 12.1 Å². The van der Waals surface area contributed by atoms with Crippen molar-refractivity contribution in [3.05, 3.63) is 48.2 Å². The summed E-state index contributed by atoms with van der Waals surface area (Å²) < 4.78 is 5.32. The summed E-state index contributed by atoms with van der Waals surface area (Å²) in [5, 5.41) is 8.77. The molecule has 0 aliphatic carbocycles. The van der Waals surface area contributed by atoms with Crippen LogP contribution in [0.1, 0.15) is 29.6 Å². The summed E-state index contributed by atoms with van der Waals surface area (Å²) in [6, 6.07) is 10.2. The average Bonchev–Trinajstić information content (AvgIpc) is 2.87. The molecule has 7 heteroatoms. The number of methoxy groups -OCH3 is 1. The Balaban J connectivity index is 1.80. The molecule has 1 saturated heterocycles. The minimum Gasteiger partial charge on any atom is -0.495 e. The average molecular weight is 354 g/mol. The van der Waals surface area contributed by atoms with Crippen LogP contribution in [0, 0.1) is 0 Å². The normalized spacial score (nSPS) is 17.0. The molecule has 2 heterocycles. The standard InChI is InChI=1S/C19H22N4O3/c1-26-16-10-3-2-8-14(16)22-17-13(7-6-12-20-17)18(24)23-15-9-4-5-11-21-19(15)25/h2-3,6-8,10,12,15H,4-5,9,11H2,1H3,(H,20,22)(H,21,25)(H,23,24)/t15-/m0/s1. The van der Waals surface area contributed by atoms with Gasteiger partial charge in [0.25, 0.3) is 5.91 Å². The van der Waals surface area contributed by atoms with Gasteiger partial charge >= 0.3 is 0 Å². The third-order valence-electron chi connectivity index (χ3n) is 4.25. The van der Waals surface area contributed by atoms with Crippen molar-refractivity contribution in [3.8, 4) is 5.75 Å². The largest absolute Gasteiger partial charge is 0.495 e. The summed E-state index contributed by atoms with van der Waals surface area (Å²) >= 11 is 0. The van der Waals surface area contributed by atoms with E-state index in [1.807, 2.05) is 24.3 Å². The Bertz CT molecular complexity index is 794. The molecule has 1 aromatic carbocycles. The van der Waals surface area contributed by atoms with Crippen LogP contribution in [0.15, 0.2) is 42.6 Å². The van der Waals surface area contributed by atoms with Crippen molar-refractivity contribution in [2.45, 2.75) is 25.3 Å². The zero-order valence-electron chi connectivity index (χ0n) is 14.6. The molecule has 2 amide bonds. The first-order chi connectivity index (χ1) is 12.7. The first-order valence-electron chi connectivity index (χ1n) is 8.62. The first-order valence-corrected chi connectivity index (χ1v) is 8.62. The molecule has 0 radical (unpaired) electrons. The predicted molar refractivity (Wildman–Crippen MR) is 98.6 cm³/mol. The molecule has 2 aromatic rings. The monoisotopic (exact) mass is 354 g/mol. The van der Waals surface area contributed by atoms with Crippen molar-refractivity contribution in [2.75, 3.05) is 19.0 Å². The molecule has 136 valence electrons. The number of pyridine rings is 1. The van der Waals surface area contributed by atoms with Crippen LogP contribution in [0.2, 0.25) is 0 Å². The summed E-state index contributed by atoms with van der Waals surface area (Å²) in [6.45, 7) is 0.651. The second kappa shape index (κ2) is 8.33. The van der Waals surface area contributed by atoms with Gasteiger partial charge in [-0.05, 0) is 43.5 Å². The van der Waals surface area contributed by atoms with Crippen LogP contribution in [0.3, 0.4) is 0 Å². The SMILES string of the molecule is COc1ccccc1Nc1ncccc1C(=O)N[C@H]1CCCCNC1=O. The zero-order chi connectivity index (χ0) is 18.4. The molecule has 1 aromatic heterocycles. The number of anilines is 2. The smallest absolute Gasteiger partial charge is 0.255 e. The summed E-state index contributed by atoms with van der Waals surface area (Å²) in [4.78, 5) is 29.1. The van der Waals surface area contributed by atoms with E-state index in [0.29, 0.717) is 35.8 Å². The van der Waals surface area contributed by atoms with Gasteiger partial charge in [0.15, 0.2) is 0 Å². The van der Waals surface area contributed by atoms with Gasteiger partial charge < -0.3 is 20.7 Å². The van der Waals surface area contributed by atoms with Crippen LogP contribution in [-0.4, -0.2) is 36.5 Å². The van der Waals surface area contributed by atoms with Gasteiger partial charge in [-0.25, -0.2) is 4.98 Å². The van der Waals surface area contributed by atoms with Gasteiger partial charge in [-0.3, -0.25) is 9.59 Å². The second-order valence-electron chi connectivity index (χ2n) is 6.04. The zero-order valence-corrected chi connectivity index (χ0v) is 14.6. The molecule has 3 N–H and O–H groups in total. The summed E-state index contributed by atoms with van der Waals surface area (Å²) in [5.41, 5.74) is 1.07. The van der Waals surface area contributed by atoms with Crippen LogP contribution < -0.4 is 20.7 Å². The predicted octanol–water partition coefficient (Wildman–Crippen LogP) is 2.23. The highest BCUT2D eigenvalue weighted by Gasteiger charge is 2.24. The van der Waals surface area contributed by atoms with Crippen molar-refractivity contribution in [1.29, 1.82) is 0 Å². The third kappa shape index (κ3) is 4.11. The lowest BCUT2D eigenvalue weighted by Gasteiger charge is -2.17. The van der Waals surface area contributed by atoms with E-state index in [1.54, 1.807) is 25.4 Å². The maximum atomic E-state index is 12.7. The number of nitrogens with one attached hydrogen (secondary N) is 3. The van der Waals surface area contributed by atoms with Gasteiger partial charge in [-0.2, -0.15) is 0 Å². The fourth-order valence-corrected chi connectivity index (χ4v) is 2.88. The first kappa shape index (κ1) is 17.7. The van der Waals surface area contributed by atoms with Crippen LogP contribution >= 0.6 is 0 Å². The molecule has 0 saturated carbocycles. The number of amides is 2. The second-order valence-corrected chi connectivity index (χ2v) is 6.04. The van der Waals surface area contributed by atoms with Crippen LogP contribution in [0.25, 0.3) is 0 Å². The number of nitrogens with zero attached hydrogens (tertiary/aromatic N) is 1. The molecular formula is C19H22N4O3. The Kier molecular flexibility index (Phi) is 5.68. The highest BCUT2D eigenvalue weighted by Crippen LogP contribution is 2.27. The van der Waals surface area contributed by atoms with E-state index in [-0.39, 0.29) is 11.8 Å². The van der Waals surface area contributed by atoms with E-state index >= 15 is 0 Å². The maximum absolute atomic E-state index is 12.7. The number of ether oxygens (including phenoxy) is 1. The number of hydrogen-bond donors (Lipinski definition) is 3. The molecule has 26 heavy (non-hydrogen) atoms. The lowest BCUT2D eigenvalue weighted by molar-refractivity contribution is -0.122. The molecule has 1 aliphatic rings. The number of rotatable bonds is 5. The highest BCUT2D eigenvalue weighted by atomic mass is 16.5. The Morgan fingerprint density at radius 3 is 2.92 bits per heavy atom.